The van der Waals surface area contributed by atoms with Crippen LogP contribution in [-0.2, 0) is 17.8 Å². The van der Waals surface area contributed by atoms with Gasteiger partial charge in [-0.3, -0.25) is 4.79 Å². The van der Waals surface area contributed by atoms with E-state index >= 15 is 0 Å². The van der Waals surface area contributed by atoms with Gasteiger partial charge in [-0.15, -0.1) is 0 Å². The first-order chi connectivity index (χ1) is 6.63. The van der Waals surface area contributed by atoms with Gasteiger partial charge in [0.2, 0.25) is 0 Å². The molecule has 1 aromatic rings. The van der Waals surface area contributed by atoms with Crippen LogP contribution in [0.2, 0.25) is 0 Å². The van der Waals surface area contributed by atoms with E-state index in [0.29, 0.717) is 0 Å². The number of aliphatic hydroxyl groups is 1. The minimum atomic E-state index is -1.01. The van der Waals surface area contributed by atoms with E-state index < -0.39 is 12.0 Å². The SMILES string of the molecule is N[C@H](Cc1cccc(CO)c1)C(=O)O. The standard InChI is InChI=1S/C10H13NO3/c11-9(10(13)14)5-7-2-1-3-8(4-7)6-12/h1-4,9,12H,5-6,11H2,(H,13,14)/t9-/m1/s1. The number of rotatable bonds is 4. The summed E-state index contributed by atoms with van der Waals surface area (Å²) in [6, 6.07) is 6.21. The molecular formula is C10H13NO3. The highest BCUT2D eigenvalue weighted by Gasteiger charge is 2.11. The summed E-state index contributed by atoms with van der Waals surface area (Å²) >= 11 is 0. The van der Waals surface area contributed by atoms with Gasteiger partial charge in [0.25, 0.3) is 0 Å². The number of hydrogen-bond acceptors (Lipinski definition) is 3. The number of aliphatic hydroxyl groups excluding tert-OH is 1. The lowest BCUT2D eigenvalue weighted by Gasteiger charge is -2.07. The van der Waals surface area contributed by atoms with Crippen LogP contribution in [0.25, 0.3) is 0 Å². The second-order valence-corrected chi connectivity index (χ2v) is 3.13. The lowest BCUT2D eigenvalue weighted by Crippen LogP contribution is -2.32. The molecule has 1 atom stereocenters. The van der Waals surface area contributed by atoms with Crippen LogP contribution >= 0.6 is 0 Å². The Balaban J connectivity index is 2.71. The topological polar surface area (TPSA) is 83.5 Å². The van der Waals surface area contributed by atoms with Gasteiger partial charge in [0.1, 0.15) is 6.04 Å². The van der Waals surface area contributed by atoms with Gasteiger partial charge in [0, 0.05) is 0 Å². The van der Waals surface area contributed by atoms with Crippen LogP contribution in [0.5, 0.6) is 0 Å². The molecule has 0 bridgehead atoms. The maximum Gasteiger partial charge on any atom is 0.320 e. The van der Waals surface area contributed by atoms with Crippen molar-refractivity contribution in [3.63, 3.8) is 0 Å². The molecule has 0 fully saturated rings. The van der Waals surface area contributed by atoms with Gasteiger partial charge in [0.05, 0.1) is 6.61 Å². The molecule has 1 aromatic carbocycles. The van der Waals surface area contributed by atoms with Gasteiger partial charge in [-0.1, -0.05) is 24.3 Å². The molecule has 0 saturated heterocycles. The number of carbonyl (C=O) groups is 1. The first kappa shape index (κ1) is 10.7. The molecule has 4 heteroatoms. The number of aliphatic carboxylic acids is 1. The molecule has 0 aromatic heterocycles. The Morgan fingerprint density at radius 1 is 1.43 bits per heavy atom. The predicted octanol–water partition coefficient (Wildman–Crippen LogP) is 0.133. The first-order valence-corrected chi connectivity index (χ1v) is 4.30. The summed E-state index contributed by atoms with van der Waals surface area (Å²) in [4.78, 5) is 10.5. The lowest BCUT2D eigenvalue weighted by atomic mass is 10.0. The van der Waals surface area contributed by atoms with Crippen molar-refractivity contribution in [2.75, 3.05) is 0 Å². The third kappa shape index (κ3) is 2.83. The molecule has 14 heavy (non-hydrogen) atoms. The van der Waals surface area contributed by atoms with Crippen LogP contribution in [0.15, 0.2) is 24.3 Å². The lowest BCUT2D eigenvalue weighted by molar-refractivity contribution is -0.138. The van der Waals surface area contributed by atoms with E-state index in [0.717, 1.165) is 11.1 Å². The Bertz CT molecular complexity index is 325. The second-order valence-electron chi connectivity index (χ2n) is 3.13. The van der Waals surface area contributed by atoms with Crippen molar-refractivity contribution in [3.8, 4) is 0 Å². The molecule has 0 radical (unpaired) electrons. The molecule has 0 aliphatic rings. The Morgan fingerprint density at radius 2 is 2.07 bits per heavy atom. The third-order valence-electron chi connectivity index (χ3n) is 1.95. The van der Waals surface area contributed by atoms with Crippen LogP contribution in [0.3, 0.4) is 0 Å². The average Bonchev–Trinajstić information content (AvgIpc) is 2.18. The smallest absolute Gasteiger partial charge is 0.320 e. The zero-order valence-corrected chi connectivity index (χ0v) is 7.68. The fourth-order valence-corrected chi connectivity index (χ4v) is 1.20. The van der Waals surface area contributed by atoms with Crippen molar-refractivity contribution in [2.45, 2.75) is 19.1 Å². The van der Waals surface area contributed by atoms with Crippen molar-refractivity contribution < 1.29 is 15.0 Å². The average molecular weight is 195 g/mol. The molecular weight excluding hydrogens is 182 g/mol. The maximum absolute atomic E-state index is 10.5. The van der Waals surface area contributed by atoms with E-state index in [2.05, 4.69) is 0 Å². The minimum Gasteiger partial charge on any atom is -0.480 e. The molecule has 0 aliphatic carbocycles. The molecule has 0 heterocycles. The first-order valence-electron chi connectivity index (χ1n) is 4.30. The molecule has 76 valence electrons. The van der Waals surface area contributed by atoms with Crippen molar-refractivity contribution in [2.24, 2.45) is 5.73 Å². The zero-order valence-electron chi connectivity index (χ0n) is 7.68. The van der Waals surface area contributed by atoms with E-state index in [1.807, 2.05) is 0 Å². The fourth-order valence-electron chi connectivity index (χ4n) is 1.20. The molecule has 0 spiro atoms. The van der Waals surface area contributed by atoms with E-state index in [1.54, 1.807) is 24.3 Å². The number of benzene rings is 1. The van der Waals surface area contributed by atoms with Gasteiger partial charge in [0.15, 0.2) is 0 Å². The molecule has 0 saturated carbocycles. The third-order valence-corrected chi connectivity index (χ3v) is 1.95. The molecule has 0 amide bonds. The summed E-state index contributed by atoms with van der Waals surface area (Å²) in [7, 11) is 0. The predicted molar refractivity (Wildman–Crippen MR) is 51.7 cm³/mol. The molecule has 4 nitrogen and oxygen atoms in total. The summed E-state index contributed by atoms with van der Waals surface area (Å²) in [5.74, 6) is -1.01. The number of hydrogen-bond donors (Lipinski definition) is 3. The van der Waals surface area contributed by atoms with Crippen LogP contribution < -0.4 is 5.73 Å². The van der Waals surface area contributed by atoms with Crippen LogP contribution in [0.4, 0.5) is 0 Å². The quantitative estimate of drug-likeness (QED) is 0.637. The van der Waals surface area contributed by atoms with Gasteiger partial charge >= 0.3 is 5.97 Å². The van der Waals surface area contributed by atoms with Crippen LogP contribution in [0.1, 0.15) is 11.1 Å². The summed E-state index contributed by atoms with van der Waals surface area (Å²) in [6.07, 6.45) is 0.281. The Morgan fingerprint density at radius 3 is 2.64 bits per heavy atom. The number of nitrogens with two attached hydrogens (primary N) is 1. The van der Waals surface area contributed by atoms with E-state index in [4.69, 9.17) is 15.9 Å². The highest BCUT2D eigenvalue weighted by atomic mass is 16.4. The van der Waals surface area contributed by atoms with E-state index in [-0.39, 0.29) is 13.0 Å². The van der Waals surface area contributed by atoms with Crippen molar-refractivity contribution in [1.82, 2.24) is 0 Å². The monoisotopic (exact) mass is 195 g/mol. The molecule has 0 unspecified atom stereocenters. The highest BCUT2D eigenvalue weighted by molar-refractivity contribution is 5.73. The fraction of sp³-hybridized carbons (Fsp3) is 0.300. The van der Waals surface area contributed by atoms with Crippen molar-refractivity contribution in [1.29, 1.82) is 0 Å². The summed E-state index contributed by atoms with van der Waals surface area (Å²) in [5, 5.41) is 17.5. The van der Waals surface area contributed by atoms with E-state index in [1.165, 1.54) is 0 Å². The molecule has 0 aliphatic heterocycles. The highest BCUT2D eigenvalue weighted by Crippen LogP contribution is 2.07. The number of carboxylic acids is 1. The van der Waals surface area contributed by atoms with Crippen LogP contribution in [0, 0.1) is 0 Å². The van der Waals surface area contributed by atoms with E-state index in [9.17, 15) is 4.79 Å². The summed E-state index contributed by atoms with van der Waals surface area (Å²) < 4.78 is 0. The van der Waals surface area contributed by atoms with Crippen LogP contribution in [-0.4, -0.2) is 22.2 Å². The Hall–Kier alpha value is -1.39. The van der Waals surface area contributed by atoms with Crippen molar-refractivity contribution >= 4 is 5.97 Å². The summed E-state index contributed by atoms with van der Waals surface area (Å²) in [5.41, 5.74) is 6.97. The largest absolute Gasteiger partial charge is 0.480 e. The minimum absolute atomic E-state index is 0.0455. The van der Waals surface area contributed by atoms with Gasteiger partial charge in [-0.25, -0.2) is 0 Å². The molecule has 1 rings (SSSR count). The van der Waals surface area contributed by atoms with Gasteiger partial charge in [-0.05, 0) is 17.5 Å². The van der Waals surface area contributed by atoms with Gasteiger partial charge < -0.3 is 15.9 Å². The van der Waals surface area contributed by atoms with Crippen molar-refractivity contribution in [3.05, 3.63) is 35.4 Å². The maximum atomic E-state index is 10.5. The molecule has 4 N–H and O–H groups in total. The normalized spacial score (nSPS) is 12.4. The Labute approximate surface area is 82.0 Å². The Kier molecular flexibility index (Phi) is 3.62. The number of carboxylic acid groups (broad SMARTS) is 1. The summed E-state index contributed by atoms with van der Waals surface area (Å²) in [6.45, 7) is -0.0455. The second kappa shape index (κ2) is 4.74. The zero-order chi connectivity index (χ0) is 10.6. The van der Waals surface area contributed by atoms with Gasteiger partial charge in [-0.2, -0.15) is 0 Å².